The summed E-state index contributed by atoms with van der Waals surface area (Å²) in [6, 6.07) is 64.7. The first-order valence-corrected chi connectivity index (χ1v) is 31.1. The fourth-order valence-electron chi connectivity index (χ4n) is 13.9. The largest absolute Gasteiger partial charge is 0.452 e. The highest BCUT2D eigenvalue weighted by molar-refractivity contribution is 7.00. The summed E-state index contributed by atoms with van der Waals surface area (Å²) in [5.41, 5.74) is 18.8. The number of aromatic nitrogens is 1. The number of anilines is 6. The van der Waals surface area contributed by atoms with E-state index < -0.39 is 43.0 Å². The van der Waals surface area contributed by atoms with Crippen LogP contribution in [0.25, 0.3) is 93.9 Å². The molecule has 6 heteroatoms. The molecule has 4 heterocycles. The van der Waals surface area contributed by atoms with Gasteiger partial charge in [0.05, 0.1) is 47.7 Å². The summed E-state index contributed by atoms with van der Waals surface area (Å²) in [5, 5.41) is 13.9. The molecule has 5 nitrogen and oxygen atoms in total. The van der Waals surface area contributed by atoms with Gasteiger partial charge in [-0.15, -0.1) is 0 Å². The smallest absolute Gasteiger partial charge is 0.252 e. The number of hydrogen-bond donors (Lipinski definition) is 0. The van der Waals surface area contributed by atoms with Crippen molar-refractivity contribution in [1.82, 2.24) is 4.57 Å². The van der Waals surface area contributed by atoms with Crippen molar-refractivity contribution in [1.29, 1.82) is 5.26 Å². The molecule has 0 unspecified atom stereocenters. The van der Waals surface area contributed by atoms with Gasteiger partial charge < -0.3 is 18.8 Å². The van der Waals surface area contributed by atoms with Crippen LogP contribution in [0.3, 0.4) is 0 Å². The molecule has 2 aliphatic heterocycles. The Hall–Kier alpha value is -10.6. The van der Waals surface area contributed by atoms with Crippen molar-refractivity contribution < 1.29 is 18.1 Å². The number of hydrogen-bond acceptors (Lipinski definition) is 4. The second-order valence-corrected chi connectivity index (χ2v) is 27.4. The molecule has 438 valence electrons. The average molecular weight is 1180 g/mol. The number of benzene rings is 12. The normalized spacial score (nSPS) is 14.6. The number of nitriles is 1. The number of furan rings is 1. The molecule has 12 aromatic carbocycles. The Balaban J connectivity index is 1.05. The van der Waals surface area contributed by atoms with Crippen LogP contribution in [0, 0.1) is 11.3 Å². The van der Waals surface area contributed by atoms with Gasteiger partial charge in [0, 0.05) is 50.0 Å². The van der Waals surface area contributed by atoms with E-state index in [1.54, 1.807) is 0 Å². The van der Waals surface area contributed by atoms with Gasteiger partial charge in [-0.2, -0.15) is 5.26 Å². The van der Waals surface area contributed by atoms with Crippen LogP contribution in [0.1, 0.15) is 98.3 Å². The molecule has 0 radical (unpaired) electrons. The Bertz CT molecular complexity index is 5880. The Labute approximate surface area is 547 Å². The lowest BCUT2D eigenvalue weighted by molar-refractivity contribution is 0.569. The molecule has 2 aliphatic rings. The van der Waals surface area contributed by atoms with E-state index in [1.165, 1.54) is 0 Å². The fourth-order valence-corrected chi connectivity index (χ4v) is 13.9. The molecule has 0 spiro atoms. The minimum atomic E-state index is -0.588. The van der Waals surface area contributed by atoms with Gasteiger partial charge in [-0.25, -0.2) is 0 Å². The molecule has 0 N–H and O–H groups in total. The minimum Gasteiger partial charge on any atom is -0.452 e. The van der Waals surface area contributed by atoms with E-state index in [2.05, 4.69) is 192 Å². The lowest BCUT2D eigenvalue weighted by Crippen LogP contribution is -2.61. The summed E-state index contributed by atoms with van der Waals surface area (Å²) in [7, 11) is 0. The van der Waals surface area contributed by atoms with Crippen molar-refractivity contribution in [2.45, 2.75) is 78.6 Å². The van der Waals surface area contributed by atoms with E-state index in [9.17, 15) is 10.7 Å². The van der Waals surface area contributed by atoms with Crippen LogP contribution in [-0.2, 0) is 16.2 Å². The predicted molar refractivity (Wildman–Crippen MR) is 385 cm³/mol. The van der Waals surface area contributed by atoms with E-state index >= 15 is 0 Å². The van der Waals surface area contributed by atoms with Gasteiger partial charge in [-0.3, -0.25) is 0 Å². The summed E-state index contributed by atoms with van der Waals surface area (Å²) in [6.07, 6.45) is 0. The first kappa shape index (κ1) is 45.6. The highest BCUT2D eigenvalue weighted by Crippen LogP contribution is 2.51. The molecule has 0 saturated heterocycles. The van der Waals surface area contributed by atoms with Crippen LogP contribution in [-0.4, -0.2) is 11.3 Å². The standard InChI is InChI=1S/C85H69BN4O/c1-83(2,3)62-37-41-73-69(51-62)68-42-53(52-87)34-40-72(68)89(73)74-32-20-30-66-67-31-21-33-75(82(67)91-81(66)74)90-77-47-59(56-26-17-12-18-27-56)36-39-71(77)86-70-38-35-58(55-24-15-11-16-25-55)46-76(70)88(65-29-19-28-57(45-65)54-22-13-10-14-23-54)78-48-61(49-79(90)80(78)86)60-43-63(84(4,5)6)50-64(44-60)85(7,8)9/h10-51H,1-9H3/i11D,12D,15D,16D,17D,18D,24D,25D,26D,27D. The average Bonchev–Trinajstić information content (AvgIpc) is 0.801. The van der Waals surface area contributed by atoms with Crippen LogP contribution in [0.15, 0.2) is 259 Å². The van der Waals surface area contributed by atoms with Crippen LogP contribution in [0.2, 0.25) is 0 Å². The first-order chi connectivity index (χ1) is 48.1. The molecular weight excluding hydrogens is 1100 g/mol. The molecule has 0 aliphatic carbocycles. The van der Waals surface area contributed by atoms with Crippen LogP contribution in [0.5, 0.6) is 0 Å². The second kappa shape index (κ2) is 20.7. The monoisotopic (exact) mass is 1180 g/mol. The number of para-hydroxylation sites is 2. The van der Waals surface area contributed by atoms with Crippen LogP contribution in [0.4, 0.5) is 34.1 Å². The van der Waals surface area contributed by atoms with Gasteiger partial charge in [-0.1, -0.05) is 238 Å². The molecule has 0 atom stereocenters. The molecular formula is C85H69BN4O. The zero-order valence-corrected chi connectivity index (χ0v) is 52.2. The third-order valence-electron chi connectivity index (χ3n) is 18.6. The van der Waals surface area contributed by atoms with E-state index in [-0.39, 0.29) is 51.5 Å². The third kappa shape index (κ3) is 9.20. The second-order valence-electron chi connectivity index (χ2n) is 27.4. The summed E-state index contributed by atoms with van der Waals surface area (Å²) in [5.74, 6) is 0. The SMILES string of the molecule is [2H]c1c([2H])c([2H])c(-c2ccc3c(c2)N(c2cccc(-c4ccccc4)c2)c2cc(-c4cc(C(C)(C)C)cc(C(C)(C)C)c4)cc4c2B3c2ccc(-c3c([2H])c([2H])c([2H])c([2H])c3[2H])cc2N4c2cccc3c2oc2c(-n4c5ccc(C#N)cc5c5cc(C(C)(C)C)ccc54)cccc23)c([2H])c1[2H]. The van der Waals surface area contributed by atoms with Gasteiger partial charge in [0.1, 0.15) is 0 Å². The molecule has 0 amide bonds. The lowest BCUT2D eigenvalue weighted by Gasteiger charge is -2.44. The van der Waals surface area contributed by atoms with Gasteiger partial charge in [-0.05, 0) is 173 Å². The van der Waals surface area contributed by atoms with Gasteiger partial charge in [0.15, 0.2) is 11.2 Å². The van der Waals surface area contributed by atoms with Crippen molar-refractivity contribution in [3.8, 4) is 56.3 Å². The zero-order valence-electron chi connectivity index (χ0n) is 62.2. The molecule has 91 heavy (non-hydrogen) atoms. The van der Waals surface area contributed by atoms with Crippen molar-refractivity contribution in [2.24, 2.45) is 0 Å². The molecule has 16 rings (SSSR count). The van der Waals surface area contributed by atoms with E-state index in [0.29, 0.717) is 44.9 Å². The third-order valence-corrected chi connectivity index (χ3v) is 18.6. The van der Waals surface area contributed by atoms with Crippen molar-refractivity contribution >= 4 is 101 Å². The summed E-state index contributed by atoms with van der Waals surface area (Å²) >= 11 is 0. The number of nitrogens with zero attached hydrogens (tertiary/aromatic N) is 4. The van der Waals surface area contributed by atoms with Gasteiger partial charge in [0.25, 0.3) is 6.71 Å². The fraction of sp³-hybridized carbons (Fsp3) is 0.141. The minimum absolute atomic E-state index is 0.0405. The van der Waals surface area contributed by atoms with E-state index in [0.717, 1.165) is 111 Å². The maximum atomic E-state index is 10.3. The Morgan fingerprint density at radius 1 is 0.374 bits per heavy atom. The first-order valence-electron chi connectivity index (χ1n) is 36.1. The van der Waals surface area contributed by atoms with Crippen LogP contribution >= 0.6 is 0 Å². The molecule has 0 bridgehead atoms. The molecule has 14 aromatic rings. The number of rotatable bonds is 7. The number of fused-ring (bicyclic) bond motifs is 10. The summed E-state index contributed by atoms with van der Waals surface area (Å²) < 4.78 is 101. The topological polar surface area (TPSA) is 48.3 Å². The predicted octanol–water partition coefficient (Wildman–Crippen LogP) is 21.2. The van der Waals surface area contributed by atoms with Crippen LogP contribution < -0.4 is 26.2 Å². The van der Waals surface area contributed by atoms with Crippen molar-refractivity contribution in [3.63, 3.8) is 0 Å². The van der Waals surface area contributed by atoms with Gasteiger partial charge in [0.2, 0.25) is 0 Å². The maximum Gasteiger partial charge on any atom is 0.252 e. The van der Waals surface area contributed by atoms with E-state index in [1.807, 2.05) is 84.9 Å². The highest BCUT2D eigenvalue weighted by Gasteiger charge is 2.45. The maximum absolute atomic E-state index is 10.3. The Morgan fingerprint density at radius 2 is 0.879 bits per heavy atom. The molecule has 0 saturated carbocycles. The highest BCUT2D eigenvalue weighted by atomic mass is 16.3. The quantitative estimate of drug-likeness (QED) is 0.149. The summed E-state index contributed by atoms with van der Waals surface area (Å²) in [4.78, 5) is 4.49. The van der Waals surface area contributed by atoms with Crippen molar-refractivity contribution in [2.75, 3.05) is 9.80 Å². The zero-order chi connectivity index (χ0) is 70.9. The summed E-state index contributed by atoms with van der Waals surface area (Å²) in [6.45, 7) is 19.4. The molecule has 2 aromatic heterocycles. The van der Waals surface area contributed by atoms with E-state index in [4.69, 9.17) is 12.6 Å². The molecule has 0 fully saturated rings. The Morgan fingerprint density at radius 3 is 1.48 bits per heavy atom. The lowest BCUT2D eigenvalue weighted by atomic mass is 9.33. The van der Waals surface area contributed by atoms with Crippen molar-refractivity contribution in [3.05, 3.63) is 277 Å². The van der Waals surface area contributed by atoms with Gasteiger partial charge >= 0.3 is 0 Å². The Kier molecular flexibility index (Phi) is 10.4.